The maximum Gasteiger partial charge on any atom is 0.187 e. The largest absolute Gasteiger partial charge is 0.312 e. The summed E-state index contributed by atoms with van der Waals surface area (Å²) in [5.74, 6) is 1.34. The van der Waals surface area contributed by atoms with Gasteiger partial charge < -0.3 is 4.57 Å². The Bertz CT molecular complexity index is 1130. The van der Waals surface area contributed by atoms with E-state index in [4.69, 9.17) is 6.57 Å². The molecule has 1 fully saturated rings. The van der Waals surface area contributed by atoms with Gasteiger partial charge in [-0.05, 0) is 59.3 Å². The molecule has 3 aromatic rings. The van der Waals surface area contributed by atoms with Crippen LogP contribution in [0.15, 0.2) is 41.0 Å². The van der Waals surface area contributed by atoms with Gasteiger partial charge in [0.05, 0.1) is 29.7 Å². The molecule has 30 heavy (non-hydrogen) atoms. The number of Topliss-reactive ketones (excluding diaryl/α,β-unsaturated/α-hetero) is 1. The molecule has 0 N–H and O–H groups in total. The number of rotatable bonds is 4. The van der Waals surface area contributed by atoms with Gasteiger partial charge in [0.1, 0.15) is 0 Å². The lowest BCUT2D eigenvalue weighted by molar-refractivity contribution is 0.0850. The summed E-state index contributed by atoms with van der Waals surface area (Å²) in [7, 11) is 0. The number of pyridine rings is 1. The van der Waals surface area contributed by atoms with Crippen LogP contribution in [0.1, 0.15) is 36.3 Å². The molecule has 0 spiro atoms. The maximum atomic E-state index is 13.4. The quantitative estimate of drug-likeness (QED) is 0.361. The van der Waals surface area contributed by atoms with E-state index in [1.54, 1.807) is 18.3 Å². The van der Waals surface area contributed by atoms with Crippen LogP contribution < -0.4 is 0 Å². The first-order valence-corrected chi connectivity index (χ1v) is 11.1. The second-order valence-corrected chi connectivity index (χ2v) is 9.42. The lowest BCUT2D eigenvalue weighted by Gasteiger charge is -2.34. The van der Waals surface area contributed by atoms with Gasteiger partial charge in [-0.15, -0.1) is 0 Å². The van der Waals surface area contributed by atoms with Crippen molar-refractivity contribution in [2.45, 2.75) is 27.2 Å². The standard InChI is InChI=1S/C24H25BrN4O/c1-15-9-16(2)13-28(12-15)14-22(30)23-17(3)29(20-7-5-19(26-4)6-8-20)21-10-18(25)11-27-24(21)23/h5-8,10-11,15-16H,9,12-14H2,1-3H3/t15-,16+. The van der Waals surface area contributed by atoms with Gasteiger partial charge in [0.2, 0.25) is 0 Å². The van der Waals surface area contributed by atoms with E-state index in [1.807, 2.05) is 25.1 Å². The molecular weight excluding hydrogens is 440 g/mol. The molecule has 3 heterocycles. The number of benzene rings is 1. The number of hydrogen-bond donors (Lipinski definition) is 0. The predicted molar refractivity (Wildman–Crippen MR) is 123 cm³/mol. The Labute approximate surface area is 185 Å². The van der Waals surface area contributed by atoms with Crippen LogP contribution in [0, 0.1) is 25.3 Å². The Morgan fingerprint density at radius 1 is 1.23 bits per heavy atom. The molecule has 1 aliphatic heterocycles. The first kappa shape index (κ1) is 20.8. The van der Waals surface area contributed by atoms with Crippen molar-refractivity contribution in [1.29, 1.82) is 0 Å². The zero-order chi connectivity index (χ0) is 21.4. The molecule has 0 radical (unpaired) electrons. The third-order valence-electron chi connectivity index (χ3n) is 5.84. The van der Waals surface area contributed by atoms with Gasteiger partial charge in [0.15, 0.2) is 11.5 Å². The second-order valence-electron chi connectivity index (χ2n) is 8.51. The van der Waals surface area contributed by atoms with Gasteiger partial charge in [-0.1, -0.05) is 26.0 Å². The summed E-state index contributed by atoms with van der Waals surface area (Å²) in [5.41, 5.74) is 4.71. The zero-order valence-electron chi connectivity index (χ0n) is 17.5. The summed E-state index contributed by atoms with van der Waals surface area (Å²) >= 11 is 3.52. The number of piperidine rings is 1. The first-order valence-electron chi connectivity index (χ1n) is 10.3. The highest BCUT2D eigenvalue weighted by atomic mass is 79.9. The van der Waals surface area contributed by atoms with Gasteiger partial charge in [-0.3, -0.25) is 14.7 Å². The molecule has 1 saturated heterocycles. The molecular formula is C24H25BrN4O. The van der Waals surface area contributed by atoms with E-state index in [-0.39, 0.29) is 5.78 Å². The number of carbonyl (C=O) groups is 1. The Morgan fingerprint density at radius 2 is 1.90 bits per heavy atom. The molecule has 154 valence electrons. The summed E-state index contributed by atoms with van der Waals surface area (Å²) in [6, 6.07) is 9.44. The smallest absolute Gasteiger partial charge is 0.187 e. The Balaban J connectivity index is 1.77. The van der Waals surface area contributed by atoms with Gasteiger partial charge in [-0.2, -0.15) is 0 Å². The topological polar surface area (TPSA) is 42.5 Å². The normalized spacial score (nSPS) is 19.7. The van der Waals surface area contributed by atoms with Gasteiger partial charge in [-0.25, -0.2) is 4.85 Å². The maximum absolute atomic E-state index is 13.4. The van der Waals surface area contributed by atoms with Crippen molar-refractivity contribution >= 4 is 38.4 Å². The number of hydrogen-bond acceptors (Lipinski definition) is 3. The average Bonchev–Trinajstić information content (AvgIpc) is 2.98. The zero-order valence-corrected chi connectivity index (χ0v) is 19.1. The van der Waals surface area contributed by atoms with Crippen molar-refractivity contribution in [2.75, 3.05) is 19.6 Å². The Hall–Kier alpha value is -2.49. The lowest BCUT2D eigenvalue weighted by atomic mass is 9.91. The van der Waals surface area contributed by atoms with E-state index in [0.717, 1.165) is 40.0 Å². The van der Waals surface area contributed by atoms with Crippen molar-refractivity contribution in [3.05, 3.63) is 63.7 Å². The molecule has 0 amide bonds. The van der Waals surface area contributed by atoms with Crippen LogP contribution >= 0.6 is 15.9 Å². The molecule has 6 heteroatoms. The van der Waals surface area contributed by atoms with E-state index < -0.39 is 0 Å². The lowest BCUT2D eigenvalue weighted by Crippen LogP contribution is -2.41. The molecule has 1 aromatic carbocycles. The predicted octanol–water partition coefficient (Wildman–Crippen LogP) is 5.81. The monoisotopic (exact) mass is 464 g/mol. The van der Waals surface area contributed by atoms with Crippen LogP contribution in [0.4, 0.5) is 5.69 Å². The van der Waals surface area contributed by atoms with Crippen LogP contribution in [-0.4, -0.2) is 39.9 Å². The van der Waals surface area contributed by atoms with E-state index in [9.17, 15) is 4.79 Å². The molecule has 4 rings (SSSR count). The van der Waals surface area contributed by atoms with Crippen molar-refractivity contribution in [3.8, 4) is 5.69 Å². The molecule has 0 bridgehead atoms. The highest BCUT2D eigenvalue weighted by Crippen LogP contribution is 2.31. The fourth-order valence-electron chi connectivity index (χ4n) is 4.80. The van der Waals surface area contributed by atoms with Crippen molar-refractivity contribution in [1.82, 2.24) is 14.5 Å². The molecule has 5 nitrogen and oxygen atoms in total. The fourth-order valence-corrected chi connectivity index (χ4v) is 5.12. The van der Waals surface area contributed by atoms with Crippen LogP contribution in [0.25, 0.3) is 21.6 Å². The number of carbonyl (C=O) groups excluding carboxylic acids is 1. The average molecular weight is 465 g/mol. The van der Waals surface area contributed by atoms with E-state index in [1.165, 1.54) is 6.42 Å². The summed E-state index contributed by atoms with van der Waals surface area (Å²) in [4.78, 5) is 23.8. The van der Waals surface area contributed by atoms with E-state index in [2.05, 4.69) is 49.1 Å². The number of fused-ring (bicyclic) bond motifs is 1. The van der Waals surface area contributed by atoms with E-state index in [0.29, 0.717) is 29.6 Å². The molecule has 2 atom stereocenters. The van der Waals surface area contributed by atoms with Crippen LogP contribution in [0.5, 0.6) is 0 Å². The van der Waals surface area contributed by atoms with Crippen LogP contribution in [-0.2, 0) is 0 Å². The Morgan fingerprint density at radius 3 is 2.53 bits per heavy atom. The van der Waals surface area contributed by atoms with Crippen LogP contribution in [0.2, 0.25) is 0 Å². The van der Waals surface area contributed by atoms with Gasteiger partial charge in [0, 0.05) is 35.1 Å². The fraction of sp³-hybridized carbons (Fsp3) is 0.375. The number of halogens is 1. The second kappa shape index (κ2) is 8.33. The SMILES string of the molecule is [C-]#[N+]c1ccc(-n2c(C)c(C(=O)CN3C[C@H](C)C[C@H](C)C3)c3ncc(Br)cc32)cc1. The minimum atomic E-state index is 0.116. The van der Waals surface area contributed by atoms with Crippen molar-refractivity contribution < 1.29 is 4.79 Å². The number of aromatic nitrogens is 2. The van der Waals surface area contributed by atoms with Crippen LogP contribution in [0.3, 0.4) is 0 Å². The minimum Gasteiger partial charge on any atom is -0.312 e. The summed E-state index contributed by atoms with van der Waals surface area (Å²) in [6.07, 6.45) is 2.97. The van der Waals surface area contributed by atoms with Gasteiger partial charge in [0.25, 0.3) is 0 Å². The van der Waals surface area contributed by atoms with Crippen molar-refractivity contribution in [2.24, 2.45) is 11.8 Å². The van der Waals surface area contributed by atoms with Gasteiger partial charge >= 0.3 is 0 Å². The molecule has 0 aliphatic carbocycles. The summed E-state index contributed by atoms with van der Waals surface area (Å²) in [5, 5.41) is 0. The third-order valence-corrected chi connectivity index (χ3v) is 6.27. The number of nitrogens with zero attached hydrogens (tertiary/aromatic N) is 4. The minimum absolute atomic E-state index is 0.116. The summed E-state index contributed by atoms with van der Waals surface area (Å²) < 4.78 is 2.93. The highest BCUT2D eigenvalue weighted by molar-refractivity contribution is 9.10. The first-order chi connectivity index (χ1) is 14.4. The number of ketones is 1. The van der Waals surface area contributed by atoms with E-state index >= 15 is 0 Å². The molecule has 1 aliphatic rings. The Kier molecular flexibility index (Phi) is 5.77. The van der Waals surface area contributed by atoms with Crippen molar-refractivity contribution in [3.63, 3.8) is 0 Å². The molecule has 2 aromatic heterocycles. The number of likely N-dealkylation sites (tertiary alicyclic amines) is 1. The third kappa shape index (κ3) is 3.92. The molecule has 0 unspecified atom stereocenters. The molecule has 0 saturated carbocycles. The summed E-state index contributed by atoms with van der Waals surface area (Å²) in [6.45, 7) is 16.0. The highest BCUT2D eigenvalue weighted by Gasteiger charge is 2.27.